The third-order valence-electron chi connectivity index (χ3n) is 2.40. The van der Waals surface area contributed by atoms with Crippen molar-refractivity contribution in [3.05, 3.63) is 58.1 Å². The first-order chi connectivity index (χ1) is 8.58. The Morgan fingerprint density at radius 2 is 1.67 bits per heavy atom. The molecule has 0 aliphatic carbocycles. The van der Waals surface area contributed by atoms with Crippen molar-refractivity contribution in [2.24, 2.45) is 0 Å². The van der Waals surface area contributed by atoms with Gasteiger partial charge in [-0.25, -0.2) is 0 Å². The lowest BCUT2D eigenvalue weighted by Gasteiger charge is -2.07. The molecule has 5 heteroatoms. The molecule has 0 aliphatic rings. The highest BCUT2D eigenvalue weighted by atomic mass is 35.5. The van der Waals surface area contributed by atoms with Crippen LogP contribution < -0.4 is 5.73 Å². The monoisotopic (exact) mass is 299 g/mol. The molecule has 0 amide bonds. The number of hydrogen-bond donors (Lipinski definition) is 1. The summed E-state index contributed by atoms with van der Waals surface area (Å²) in [5.74, 6) is 0.342. The van der Waals surface area contributed by atoms with Crippen molar-refractivity contribution >= 4 is 39.7 Å². The Kier molecular flexibility index (Phi) is 4.27. The molecule has 2 aromatic carbocycles. The van der Waals surface area contributed by atoms with E-state index in [-0.39, 0.29) is 0 Å². The summed E-state index contributed by atoms with van der Waals surface area (Å²) in [7, 11) is -1.29. The van der Waals surface area contributed by atoms with Crippen molar-refractivity contribution < 1.29 is 4.21 Å². The predicted octanol–water partition coefficient (Wildman–Crippen LogP) is 3.88. The first-order valence-corrected chi connectivity index (χ1v) is 7.32. The van der Waals surface area contributed by atoms with Crippen molar-refractivity contribution in [1.82, 2.24) is 0 Å². The zero-order valence-electron chi connectivity index (χ0n) is 9.40. The Hall–Kier alpha value is -1.03. The van der Waals surface area contributed by atoms with Crippen molar-refractivity contribution in [2.75, 3.05) is 5.73 Å². The standard InChI is InChI=1S/C13H11Cl2NOS/c14-11-5-2-6-12(15)13(11)18(17)8-9-3-1-4-10(16)7-9/h1-7H,8,16H2. The molecular formula is C13H11Cl2NOS. The van der Waals surface area contributed by atoms with Gasteiger partial charge >= 0.3 is 0 Å². The summed E-state index contributed by atoms with van der Waals surface area (Å²) in [5, 5.41) is 0.842. The number of benzene rings is 2. The Morgan fingerprint density at radius 3 is 2.28 bits per heavy atom. The van der Waals surface area contributed by atoms with Gasteiger partial charge in [0.15, 0.2) is 0 Å². The lowest BCUT2D eigenvalue weighted by atomic mass is 10.2. The first kappa shape index (κ1) is 13.4. The molecule has 2 aromatic rings. The molecule has 0 fully saturated rings. The average Bonchev–Trinajstić information content (AvgIpc) is 2.28. The fourth-order valence-electron chi connectivity index (χ4n) is 1.61. The van der Waals surface area contributed by atoms with Crippen LogP contribution >= 0.6 is 23.2 Å². The molecule has 0 spiro atoms. The van der Waals surface area contributed by atoms with E-state index in [0.717, 1.165) is 5.56 Å². The van der Waals surface area contributed by atoms with Gasteiger partial charge in [0.25, 0.3) is 0 Å². The lowest BCUT2D eigenvalue weighted by Crippen LogP contribution is -1.99. The van der Waals surface area contributed by atoms with E-state index >= 15 is 0 Å². The maximum Gasteiger partial charge on any atom is 0.0763 e. The number of nitrogen functional groups attached to an aromatic ring is 1. The molecule has 0 aromatic heterocycles. The predicted molar refractivity (Wildman–Crippen MR) is 77.4 cm³/mol. The molecule has 0 bridgehead atoms. The van der Waals surface area contributed by atoms with Crippen LogP contribution in [0.3, 0.4) is 0 Å². The summed E-state index contributed by atoms with van der Waals surface area (Å²) < 4.78 is 12.3. The van der Waals surface area contributed by atoms with Gasteiger partial charge in [0.2, 0.25) is 0 Å². The SMILES string of the molecule is Nc1cccc(CS(=O)c2c(Cl)cccc2Cl)c1. The molecule has 2 nitrogen and oxygen atoms in total. The summed E-state index contributed by atoms with van der Waals surface area (Å²) in [6, 6.07) is 12.4. The van der Waals surface area contributed by atoms with Crippen molar-refractivity contribution in [3.8, 4) is 0 Å². The van der Waals surface area contributed by atoms with E-state index in [1.807, 2.05) is 12.1 Å². The molecule has 94 valence electrons. The fourth-order valence-corrected chi connectivity index (χ4v) is 3.72. The van der Waals surface area contributed by atoms with Gasteiger partial charge < -0.3 is 5.73 Å². The van der Waals surface area contributed by atoms with Crippen LogP contribution in [-0.2, 0) is 16.6 Å². The van der Waals surface area contributed by atoms with Gasteiger partial charge in [0.05, 0.1) is 31.5 Å². The zero-order valence-corrected chi connectivity index (χ0v) is 11.7. The topological polar surface area (TPSA) is 43.1 Å². The van der Waals surface area contributed by atoms with Gasteiger partial charge in [-0.05, 0) is 29.8 Å². The summed E-state index contributed by atoms with van der Waals surface area (Å²) in [4.78, 5) is 0.475. The maximum atomic E-state index is 12.3. The van der Waals surface area contributed by atoms with Gasteiger partial charge in [-0.15, -0.1) is 0 Å². The number of anilines is 1. The molecule has 1 unspecified atom stereocenters. The molecule has 2 N–H and O–H groups in total. The lowest BCUT2D eigenvalue weighted by molar-refractivity contribution is 0.682. The molecular weight excluding hydrogens is 289 g/mol. The second-order valence-electron chi connectivity index (χ2n) is 3.79. The molecule has 0 radical (unpaired) electrons. The molecule has 0 heterocycles. The maximum absolute atomic E-state index is 12.3. The molecule has 18 heavy (non-hydrogen) atoms. The average molecular weight is 300 g/mol. The van der Waals surface area contributed by atoms with E-state index in [1.165, 1.54) is 0 Å². The highest BCUT2D eigenvalue weighted by molar-refractivity contribution is 7.84. The van der Waals surface area contributed by atoms with Crippen LogP contribution in [0.25, 0.3) is 0 Å². The minimum atomic E-state index is -1.29. The Labute approximate surface area is 118 Å². The second-order valence-corrected chi connectivity index (χ2v) is 5.99. The normalized spacial score (nSPS) is 12.3. The van der Waals surface area contributed by atoms with Gasteiger partial charge in [0.1, 0.15) is 0 Å². The number of nitrogens with two attached hydrogens (primary N) is 1. The minimum Gasteiger partial charge on any atom is -0.399 e. The van der Waals surface area contributed by atoms with Gasteiger partial charge in [-0.1, -0.05) is 41.4 Å². The quantitative estimate of drug-likeness (QED) is 0.874. The van der Waals surface area contributed by atoms with Gasteiger partial charge in [-0.3, -0.25) is 4.21 Å². The molecule has 0 aliphatic heterocycles. The van der Waals surface area contributed by atoms with Crippen molar-refractivity contribution in [3.63, 3.8) is 0 Å². The van der Waals surface area contributed by atoms with Crippen LogP contribution in [0.5, 0.6) is 0 Å². The van der Waals surface area contributed by atoms with E-state index in [9.17, 15) is 4.21 Å². The summed E-state index contributed by atoms with van der Waals surface area (Å²) >= 11 is 12.0. The van der Waals surface area contributed by atoms with Crippen LogP contribution in [0.2, 0.25) is 10.0 Å². The van der Waals surface area contributed by atoms with E-state index in [4.69, 9.17) is 28.9 Å². The van der Waals surface area contributed by atoms with Gasteiger partial charge in [-0.2, -0.15) is 0 Å². The van der Waals surface area contributed by atoms with E-state index in [0.29, 0.717) is 26.4 Å². The first-order valence-electron chi connectivity index (χ1n) is 5.25. The summed E-state index contributed by atoms with van der Waals surface area (Å²) in [6.45, 7) is 0. The highest BCUT2D eigenvalue weighted by Gasteiger charge is 2.13. The van der Waals surface area contributed by atoms with Crippen LogP contribution in [0, 0.1) is 0 Å². The van der Waals surface area contributed by atoms with Crippen LogP contribution in [0.4, 0.5) is 5.69 Å². The van der Waals surface area contributed by atoms with Crippen molar-refractivity contribution in [2.45, 2.75) is 10.6 Å². The largest absolute Gasteiger partial charge is 0.399 e. The number of halogens is 2. The van der Waals surface area contributed by atoms with E-state index in [1.54, 1.807) is 30.3 Å². The smallest absolute Gasteiger partial charge is 0.0763 e. The minimum absolute atomic E-state index is 0.342. The Morgan fingerprint density at radius 1 is 1.06 bits per heavy atom. The van der Waals surface area contributed by atoms with E-state index in [2.05, 4.69) is 0 Å². The third kappa shape index (κ3) is 3.05. The Bertz CT molecular complexity index is 581. The van der Waals surface area contributed by atoms with E-state index < -0.39 is 10.8 Å². The number of rotatable bonds is 3. The molecule has 2 rings (SSSR count). The summed E-state index contributed by atoms with van der Waals surface area (Å²) in [5.41, 5.74) is 7.22. The highest BCUT2D eigenvalue weighted by Crippen LogP contribution is 2.29. The molecule has 0 saturated heterocycles. The molecule has 0 saturated carbocycles. The Balaban J connectivity index is 2.28. The fraction of sp³-hybridized carbons (Fsp3) is 0.0769. The van der Waals surface area contributed by atoms with Gasteiger partial charge in [0, 0.05) is 5.69 Å². The summed E-state index contributed by atoms with van der Waals surface area (Å²) in [6.07, 6.45) is 0. The van der Waals surface area contributed by atoms with Crippen LogP contribution in [0.15, 0.2) is 47.4 Å². The zero-order chi connectivity index (χ0) is 13.1. The number of hydrogen-bond acceptors (Lipinski definition) is 2. The molecule has 1 atom stereocenters. The third-order valence-corrected chi connectivity index (χ3v) is 4.74. The van der Waals surface area contributed by atoms with Crippen molar-refractivity contribution in [1.29, 1.82) is 0 Å². The van der Waals surface area contributed by atoms with Crippen LogP contribution in [0.1, 0.15) is 5.56 Å². The van der Waals surface area contributed by atoms with Crippen LogP contribution in [-0.4, -0.2) is 4.21 Å². The second kappa shape index (κ2) is 5.74.